The summed E-state index contributed by atoms with van der Waals surface area (Å²) in [6.45, 7) is 3.61. The fourth-order valence-electron chi connectivity index (χ4n) is 1.63. The Kier molecular flexibility index (Phi) is 6.60. The van der Waals surface area contributed by atoms with Crippen LogP contribution in [0.25, 0.3) is 0 Å². The van der Waals surface area contributed by atoms with Gasteiger partial charge in [0.2, 0.25) is 0 Å². The van der Waals surface area contributed by atoms with Crippen LogP contribution in [0.1, 0.15) is 24.7 Å². The van der Waals surface area contributed by atoms with Gasteiger partial charge in [0.15, 0.2) is 0 Å². The van der Waals surface area contributed by atoms with Crippen molar-refractivity contribution in [3.8, 4) is 0 Å². The Hall–Kier alpha value is -1.20. The molecule has 1 aromatic heterocycles. The number of methoxy groups -OCH3 is 1. The Balaban J connectivity index is 2.28. The van der Waals surface area contributed by atoms with Gasteiger partial charge in [0.05, 0.1) is 25.5 Å². The van der Waals surface area contributed by atoms with Crippen LogP contribution in [0, 0.1) is 0 Å². The molecule has 0 unspecified atom stereocenters. The number of nitrogens with zero attached hydrogens (tertiary/aromatic N) is 2. The van der Waals surface area contributed by atoms with Crippen LogP contribution in [0.2, 0.25) is 0 Å². The minimum Gasteiger partial charge on any atom is -0.382 e. The van der Waals surface area contributed by atoms with Gasteiger partial charge in [-0.15, -0.1) is 0 Å². The Morgan fingerprint density at radius 3 is 2.78 bits per heavy atom. The van der Waals surface area contributed by atoms with E-state index >= 15 is 0 Å². The van der Waals surface area contributed by atoms with Gasteiger partial charge in [0, 0.05) is 32.7 Å². The van der Waals surface area contributed by atoms with Gasteiger partial charge in [-0.3, -0.25) is 9.48 Å². The van der Waals surface area contributed by atoms with Gasteiger partial charge < -0.3 is 9.47 Å². The second-order valence-electron chi connectivity index (χ2n) is 4.17. The van der Waals surface area contributed by atoms with Gasteiger partial charge in [-0.05, 0) is 12.5 Å². The first-order valence-electron chi connectivity index (χ1n) is 6.27. The van der Waals surface area contributed by atoms with E-state index in [2.05, 4.69) is 12.0 Å². The van der Waals surface area contributed by atoms with Crippen LogP contribution in [0.4, 0.5) is 0 Å². The van der Waals surface area contributed by atoms with Crippen molar-refractivity contribution < 1.29 is 14.3 Å². The number of hydrogen-bond donors (Lipinski definition) is 0. The first-order chi connectivity index (χ1) is 8.67. The smallest absolute Gasteiger partial charge is 0.141 e. The summed E-state index contributed by atoms with van der Waals surface area (Å²) in [4.78, 5) is 11.7. The molecule has 0 radical (unpaired) electrons. The molecule has 0 bridgehead atoms. The highest BCUT2D eigenvalue weighted by molar-refractivity contribution is 5.80. The maximum atomic E-state index is 11.7. The van der Waals surface area contributed by atoms with Gasteiger partial charge in [-0.25, -0.2) is 0 Å². The molecule has 1 aromatic rings. The summed E-state index contributed by atoms with van der Waals surface area (Å²) in [5.41, 5.74) is 1.99. The molecule has 102 valence electrons. The molecule has 0 fully saturated rings. The lowest BCUT2D eigenvalue weighted by Crippen LogP contribution is -2.11. The van der Waals surface area contributed by atoms with Crippen molar-refractivity contribution in [1.82, 2.24) is 9.78 Å². The zero-order chi connectivity index (χ0) is 13.4. The number of ether oxygens (including phenoxy) is 2. The quantitative estimate of drug-likeness (QED) is 0.620. The van der Waals surface area contributed by atoms with Crippen LogP contribution < -0.4 is 0 Å². The van der Waals surface area contributed by atoms with E-state index < -0.39 is 0 Å². The fourth-order valence-corrected chi connectivity index (χ4v) is 1.63. The van der Waals surface area contributed by atoms with E-state index in [1.165, 1.54) is 0 Å². The summed E-state index contributed by atoms with van der Waals surface area (Å²) >= 11 is 0. The van der Waals surface area contributed by atoms with Crippen LogP contribution in [-0.2, 0) is 34.2 Å². The van der Waals surface area contributed by atoms with Gasteiger partial charge in [0.1, 0.15) is 5.78 Å². The SMILES string of the molecule is CCc1cc(CC(=O)CCOCCOC)n(C)n1. The topological polar surface area (TPSA) is 53.4 Å². The second-order valence-corrected chi connectivity index (χ2v) is 4.17. The molecular formula is C13H22N2O3. The zero-order valence-corrected chi connectivity index (χ0v) is 11.4. The number of ketones is 1. The Labute approximate surface area is 108 Å². The van der Waals surface area contributed by atoms with Crippen molar-refractivity contribution in [3.63, 3.8) is 0 Å². The van der Waals surface area contributed by atoms with E-state index in [1.807, 2.05) is 13.1 Å². The second kappa shape index (κ2) is 8.00. The van der Waals surface area contributed by atoms with E-state index in [1.54, 1.807) is 11.8 Å². The third kappa shape index (κ3) is 4.98. The summed E-state index contributed by atoms with van der Waals surface area (Å²) in [6.07, 6.45) is 1.76. The molecule has 1 rings (SSSR count). The number of aryl methyl sites for hydroxylation is 2. The lowest BCUT2D eigenvalue weighted by atomic mass is 10.1. The van der Waals surface area contributed by atoms with Gasteiger partial charge in [-0.1, -0.05) is 6.92 Å². The molecule has 0 aromatic carbocycles. The van der Waals surface area contributed by atoms with Gasteiger partial charge in [0.25, 0.3) is 0 Å². The normalized spacial score (nSPS) is 10.8. The van der Waals surface area contributed by atoms with E-state index in [-0.39, 0.29) is 5.78 Å². The Morgan fingerprint density at radius 1 is 1.39 bits per heavy atom. The largest absolute Gasteiger partial charge is 0.382 e. The lowest BCUT2D eigenvalue weighted by Gasteiger charge is -2.03. The van der Waals surface area contributed by atoms with Crippen LogP contribution in [0.15, 0.2) is 6.07 Å². The van der Waals surface area contributed by atoms with Crippen LogP contribution in [-0.4, -0.2) is 42.5 Å². The van der Waals surface area contributed by atoms with Gasteiger partial charge in [-0.2, -0.15) is 5.10 Å². The molecule has 5 nitrogen and oxygen atoms in total. The summed E-state index contributed by atoms with van der Waals surface area (Å²) < 4.78 is 11.9. The molecule has 0 amide bonds. The first kappa shape index (κ1) is 14.9. The minimum atomic E-state index is 0.179. The standard InChI is InChI=1S/C13H22N2O3/c1-4-11-9-12(15(2)14-11)10-13(16)5-6-18-8-7-17-3/h9H,4-8,10H2,1-3H3. The number of rotatable bonds is 9. The van der Waals surface area contributed by atoms with Crippen LogP contribution in [0.5, 0.6) is 0 Å². The van der Waals surface area contributed by atoms with E-state index in [0.717, 1.165) is 17.8 Å². The highest BCUT2D eigenvalue weighted by Crippen LogP contribution is 2.06. The number of hydrogen-bond acceptors (Lipinski definition) is 4. The summed E-state index contributed by atoms with van der Waals surface area (Å²) in [5.74, 6) is 0.179. The molecule has 0 aliphatic heterocycles. The number of aromatic nitrogens is 2. The third-order valence-electron chi connectivity index (χ3n) is 2.72. The molecule has 0 saturated carbocycles. The molecule has 0 N–H and O–H groups in total. The molecule has 1 heterocycles. The highest BCUT2D eigenvalue weighted by Gasteiger charge is 2.09. The first-order valence-corrected chi connectivity index (χ1v) is 6.27. The molecule has 0 saturated heterocycles. The average Bonchev–Trinajstić information content (AvgIpc) is 2.70. The Morgan fingerprint density at radius 2 is 2.17 bits per heavy atom. The maximum absolute atomic E-state index is 11.7. The predicted octanol–water partition coefficient (Wildman–Crippen LogP) is 1.15. The molecule has 18 heavy (non-hydrogen) atoms. The number of carbonyl (C=O) groups is 1. The minimum absolute atomic E-state index is 0.179. The molecule has 0 spiro atoms. The predicted molar refractivity (Wildman–Crippen MR) is 68.6 cm³/mol. The molecular weight excluding hydrogens is 232 g/mol. The highest BCUT2D eigenvalue weighted by atomic mass is 16.5. The third-order valence-corrected chi connectivity index (χ3v) is 2.72. The summed E-state index contributed by atoms with van der Waals surface area (Å²) in [7, 11) is 3.50. The lowest BCUT2D eigenvalue weighted by molar-refractivity contribution is -0.119. The van der Waals surface area contributed by atoms with E-state index in [0.29, 0.717) is 32.7 Å². The van der Waals surface area contributed by atoms with Crippen molar-refractivity contribution in [3.05, 3.63) is 17.5 Å². The number of Topliss-reactive ketones (excluding diaryl/α,β-unsaturated/α-hetero) is 1. The maximum Gasteiger partial charge on any atom is 0.141 e. The van der Waals surface area contributed by atoms with Crippen molar-refractivity contribution in [2.75, 3.05) is 26.9 Å². The molecule has 0 aliphatic rings. The summed E-state index contributed by atoms with van der Waals surface area (Å²) in [6, 6.07) is 1.99. The average molecular weight is 254 g/mol. The van der Waals surface area contributed by atoms with Gasteiger partial charge >= 0.3 is 0 Å². The monoisotopic (exact) mass is 254 g/mol. The van der Waals surface area contributed by atoms with Crippen molar-refractivity contribution >= 4 is 5.78 Å². The fraction of sp³-hybridized carbons (Fsp3) is 0.692. The molecule has 0 aliphatic carbocycles. The molecule has 5 heteroatoms. The number of carbonyl (C=O) groups excluding carboxylic acids is 1. The van der Waals surface area contributed by atoms with Crippen LogP contribution >= 0.6 is 0 Å². The van der Waals surface area contributed by atoms with Crippen LogP contribution in [0.3, 0.4) is 0 Å². The Bertz CT molecular complexity index is 374. The summed E-state index contributed by atoms with van der Waals surface area (Å²) in [5, 5.41) is 4.32. The van der Waals surface area contributed by atoms with Crippen molar-refractivity contribution in [2.24, 2.45) is 7.05 Å². The zero-order valence-electron chi connectivity index (χ0n) is 11.4. The van der Waals surface area contributed by atoms with Crippen molar-refractivity contribution in [2.45, 2.75) is 26.2 Å². The molecule has 0 atom stereocenters. The van der Waals surface area contributed by atoms with Crippen molar-refractivity contribution in [1.29, 1.82) is 0 Å². The van der Waals surface area contributed by atoms with E-state index in [4.69, 9.17) is 9.47 Å². The van der Waals surface area contributed by atoms with E-state index in [9.17, 15) is 4.79 Å².